The summed E-state index contributed by atoms with van der Waals surface area (Å²) in [5.74, 6) is 1.05. The molecule has 0 aliphatic heterocycles. The van der Waals surface area contributed by atoms with Crippen LogP contribution in [0.25, 0.3) is 0 Å². The zero-order valence-electron chi connectivity index (χ0n) is 12.1. The fourth-order valence-electron chi connectivity index (χ4n) is 2.29. The third-order valence-corrected chi connectivity index (χ3v) is 5.27. The first-order valence-electron chi connectivity index (χ1n) is 7.04. The molecule has 0 spiro atoms. The number of nitrogens with one attached hydrogen (secondary N) is 1. The molecule has 0 unspecified atom stereocenters. The molecule has 0 aromatic heterocycles. The summed E-state index contributed by atoms with van der Waals surface area (Å²) >= 11 is 5.97. The van der Waals surface area contributed by atoms with Crippen molar-refractivity contribution in [3.63, 3.8) is 0 Å². The quantitative estimate of drug-likeness (QED) is 0.715. The molecule has 21 heavy (non-hydrogen) atoms. The lowest BCUT2D eigenvalue weighted by Gasteiger charge is -2.14. The molecular formula is C14H21ClN2O3S. The van der Waals surface area contributed by atoms with Gasteiger partial charge in [0.15, 0.2) is 0 Å². The van der Waals surface area contributed by atoms with E-state index in [4.69, 9.17) is 22.1 Å². The van der Waals surface area contributed by atoms with Crippen LogP contribution in [0.4, 0.5) is 0 Å². The van der Waals surface area contributed by atoms with Crippen LogP contribution in [0.5, 0.6) is 5.75 Å². The Morgan fingerprint density at radius 2 is 2.14 bits per heavy atom. The third kappa shape index (κ3) is 4.32. The van der Waals surface area contributed by atoms with E-state index in [9.17, 15) is 8.42 Å². The Morgan fingerprint density at radius 1 is 1.43 bits per heavy atom. The highest BCUT2D eigenvalue weighted by Gasteiger charge is 2.24. The van der Waals surface area contributed by atoms with E-state index in [0.717, 1.165) is 18.8 Å². The lowest BCUT2D eigenvalue weighted by atomic mass is 10.2. The van der Waals surface area contributed by atoms with E-state index < -0.39 is 10.0 Å². The Labute approximate surface area is 130 Å². The van der Waals surface area contributed by atoms with Gasteiger partial charge in [0.25, 0.3) is 0 Å². The maximum absolute atomic E-state index is 12.4. The van der Waals surface area contributed by atoms with E-state index in [1.807, 2.05) is 0 Å². The number of benzene rings is 1. The van der Waals surface area contributed by atoms with Crippen LogP contribution in [-0.4, -0.2) is 22.1 Å². The van der Waals surface area contributed by atoms with E-state index in [2.05, 4.69) is 4.72 Å². The van der Waals surface area contributed by atoms with Crippen molar-refractivity contribution >= 4 is 21.6 Å². The minimum Gasteiger partial charge on any atom is -0.495 e. The smallest absolute Gasteiger partial charge is 0.244 e. The Hall–Kier alpha value is -0.820. The molecule has 118 valence electrons. The Bertz CT molecular complexity index is 600. The van der Waals surface area contributed by atoms with Crippen molar-refractivity contribution in [2.24, 2.45) is 11.7 Å². The Balaban J connectivity index is 2.15. The number of rotatable bonds is 8. The molecular weight excluding hydrogens is 312 g/mol. The number of nitrogens with two attached hydrogens (primary N) is 1. The monoisotopic (exact) mass is 332 g/mol. The first-order valence-corrected chi connectivity index (χ1v) is 8.90. The highest BCUT2D eigenvalue weighted by molar-refractivity contribution is 7.89. The fourth-order valence-corrected chi connectivity index (χ4v) is 3.90. The maximum Gasteiger partial charge on any atom is 0.244 e. The van der Waals surface area contributed by atoms with E-state index in [1.54, 1.807) is 6.07 Å². The molecule has 1 aromatic rings. The third-order valence-electron chi connectivity index (χ3n) is 3.59. The molecule has 0 radical (unpaired) electrons. The minimum absolute atomic E-state index is 0.0457. The first kappa shape index (κ1) is 16.5. The zero-order chi connectivity index (χ0) is 15.5. The molecule has 1 aliphatic rings. The summed E-state index contributed by atoms with van der Waals surface area (Å²) in [6.45, 7) is 0.584. The molecule has 1 aliphatic carbocycles. The number of methoxy groups -OCH3 is 1. The fraction of sp³-hybridized carbons (Fsp3) is 0.571. The van der Waals surface area contributed by atoms with Gasteiger partial charge in [0.1, 0.15) is 10.6 Å². The minimum atomic E-state index is -3.65. The van der Waals surface area contributed by atoms with Gasteiger partial charge in [-0.05, 0) is 30.9 Å². The summed E-state index contributed by atoms with van der Waals surface area (Å²) in [5.41, 5.74) is 6.19. The summed E-state index contributed by atoms with van der Waals surface area (Å²) < 4.78 is 32.6. The van der Waals surface area contributed by atoms with Gasteiger partial charge in [-0.2, -0.15) is 0 Å². The van der Waals surface area contributed by atoms with Crippen molar-refractivity contribution in [1.82, 2.24) is 4.72 Å². The number of hydrogen-bond donors (Lipinski definition) is 2. The molecule has 3 N–H and O–H groups in total. The van der Waals surface area contributed by atoms with Gasteiger partial charge in [0.2, 0.25) is 10.0 Å². The normalized spacial score (nSPS) is 15.2. The second kappa shape index (κ2) is 6.96. The summed E-state index contributed by atoms with van der Waals surface area (Å²) in [6.07, 6.45) is 4.46. The second-order valence-corrected chi connectivity index (χ2v) is 7.46. The van der Waals surface area contributed by atoms with Gasteiger partial charge in [-0.25, -0.2) is 13.1 Å². The van der Waals surface area contributed by atoms with Crippen molar-refractivity contribution < 1.29 is 13.2 Å². The van der Waals surface area contributed by atoms with E-state index >= 15 is 0 Å². The lowest BCUT2D eigenvalue weighted by Crippen LogP contribution is -2.25. The summed E-state index contributed by atoms with van der Waals surface area (Å²) in [7, 11) is -2.23. The van der Waals surface area contributed by atoms with Gasteiger partial charge in [0.05, 0.1) is 7.11 Å². The average molecular weight is 333 g/mol. The molecule has 0 heterocycles. The standard InChI is InChI=1S/C14H21ClN2O3S/c1-20-14-11(9-16)7-12(15)8-13(14)21(18,19)17-6-2-3-10-4-5-10/h7-8,10,17H,2-6,9,16H2,1H3. The first-order chi connectivity index (χ1) is 9.97. The molecule has 0 amide bonds. The van der Waals surface area contributed by atoms with Crippen LogP contribution in [0.1, 0.15) is 31.2 Å². The van der Waals surface area contributed by atoms with Crippen LogP contribution in [0, 0.1) is 5.92 Å². The van der Waals surface area contributed by atoms with Crippen molar-refractivity contribution in [1.29, 1.82) is 0 Å². The highest BCUT2D eigenvalue weighted by atomic mass is 35.5. The lowest BCUT2D eigenvalue weighted by molar-refractivity contribution is 0.397. The molecule has 1 fully saturated rings. The van der Waals surface area contributed by atoms with E-state index in [-0.39, 0.29) is 17.2 Å². The largest absolute Gasteiger partial charge is 0.495 e. The molecule has 0 saturated heterocycles. The van der Waals surface area contributed by atoms with Crippen molar-refractivity contribution in [3.05, 3.63) is 22.7 Å². The predicted molar refractivity (Wildman–Crippen MR) is 83.0 cm³/mol. The molecule has 1 saturated carbocycles. The summed E-state index contributed by atoms with van der Waals surface area (Å²) in [4.78, 5) is 0.0457. The van der Waals surface area contributed by atoms with Gasteiger partial charge < -0.3 is 10.5 Å². The molecule has 5 nitrogen and oxygen atoms in total. The van der Waals surface area contributed by atoms with Crippen LogP contribution < -0.4 is 15.2 Å². The van der Waals surface area contributed by atoms with Crippen LogP contribution in [-0.2, 0) is 16.6 Å². The van der Waals surface area contributed by atoms with Gasteiger partial charge in [-0.15, -0.1) is 0 Å². The van der Waals surface area contributed by atoms with Crippen molar-refractivity contribution in [2.75, 3.05) is 13.7 Å². The topological polar surface area (TPSA) is 81.4 Å². The Morgan fingerprint density at radius 3 is 2.71 bits per heavy atom. The van der Waals surface area contributed by atoms with Gasteiger partial charge >= 0.3 is 0 Å². The SMILES string of the molecule is COc1c(CN)cc(Cl)cc1S(=O)(=O)NCCCC1CC1. The number of hydrogen-bond acceptors (Lipinski definition) is 4. The average Bonchev–Trinajstić information content (AvgIpc) is 3.26. The van der Waals surface area contributed by atoms with Gasteiger partial charge in [-0.1, -0.05) is 24.4 Å². The number of ether oxygens (including phenoxy) is 1. The molecule has 7 heteroatoms. The van der Waals surface area contributed by atoms with Crippen molar-refractivity contribution in [2.45, 2.75) is 37.1 Å². The Kier molecular flexibility index (Phi) is 5.48. The molecule has 2 rings (SSSR count). The molecule has 1 aromatic carbocycles. The van der Waals surface area contributed by atoms with Crippen LogP contribution in [0.3, 0.4) is 0 Å². The number of sulfonamides is 1. The predicted octanol–water partition coefficient (Wildman–Crippen LogP) is 2.28. The maximum atomic E-state index is 12.4. The van der Waals surface area contributed by atoms with Crippen molar-refractivity contribution in [3.8, 4) is 5.75 Å². The second-order valence-electron chi connectivity index (χ2n) is 5.28. The van der Waals surface area contributed by atoms with E-state index in [0.29, 0.717) is 17.1 Å². The van der Waals surface area contributed by atoms with Gasteiger partial charge in [0, 0.05) is 23.7 Å². The highest BCUT2D eigenvalue weighted by Crippen LogP contribution is 2.34. The van der Waals surface area contributed by atoms with Crippen LogP contribution in [0.15, 0.2) is 17.0 Å². The van der Waals surface area contributed by atoms with Gasteiger partial charge in [-0.3, -0.25) is 0 Å². The van der Waals surface area contributed by atoms with Crippen LogP contribution >= 0.6 is 11.6 Å². The number of halogens is 1. The van der Waals surface area contributed by atoms with E-state index in [1.165, 1.54) is 26.0 Å². The molecule has 0 atom stereocenters. The summed E-state index contributed by atoms with van der Waals surface area (Å²) in [6, 6.07) is 3.01. The zero-order valence-corrected chi connectivity index (χ0v) is 13.6. The summed E-state index contributed by atoms with van der Waals surface area (Å²) in [5, 5.41) is 0.328. The van der Waals surface area contributed by atoms with Crippen LogP contribution in [0.2, 0.25) is 5.02 Å². The molecule has 0 bridgehead atoms.